The van der Waals surface area contributed by atoms with Crippen molar-refractivity contribution in [1.29, 1.82) is 0 Å². The third kappa shape index (κ3) is 4.07. The first-order valence-corrected chi connectivity index (χ1v) is 9.41. The summed E-state index contributed by atoms with van der Waals surface area (Å²) in [6, 6.07) is 10.1. The molecule has 2 heterocycles. The second kappa shape index (κ2) is 7.22. The van der Waals surface area contributed by atoms with E-state index in [4.69, 9.17) is 16.3 Å². The van der Waals surface area contributed by atoms with Crippen molar-refractivity contribution in [2.75, 3.05) is 18.5 Å². The largest absolute Gasteiger partial charge is 0.381 e. The van der Waals surface area contributed by atoms with E-state index in [-0.39, 0.29) is 5.56 Å². The number of nitrogens with one attached hydrogen (secondary N) is 1. The molecule has 1 aromatic heterocycles. The molecule has 1 saturated heterocycles. The molecule has 2 fully saturated rings. The highest BCUT2D eigenvalue weighted by Crippen LogP contribution is 2.31. The normalized spacial score (nSPS) is 18.3. The molecule has 0 atom stereocenters. The van der Waals surface area contributed by atoms with Crippen molar-refractivity contribution in [3.05, 3.63) is 51.9 Å². The number of ether oxygens (including phenoxy) is 1. The minimum Gasteiger partial charge on any atom is -0.381 e. The van der Waals surface area contributed by atoms with Crippen LogP contribution in [-0.2, 0) is 11.3 Å². The Bertz CT molecular complexity index is 808. The molecule has 0 unspecified atom stereocenters. The van der Waals surface area contributed by atoms with Crippen LogP contribution < -0.4 is 10.9 Å². The average molecular weight is 359 g/mol. The molecule has 132 valence electrons. The topological polar surface area (TPSA) is 43.3 Å². The van der Waals surface area contributed by atoms with Crippen LogP contribution in [0.1, 0.15) is 25.7 Å². The molecule has 0 amide bonds. The molecule has 1 N–H and O–H groups in total. The van der Waals surface area contributed by atoms with Crippen molar-refractivity contribution in [3.63, 3.8) is 0 Å². The molecule has 0 bridgehead atoms. The molecular formula is C20H23ClN2O2. The van der Waals surface area contributed by atoms with E-state index in [1.807, 2.05) is 35.0 Å². The van der Waals surface area contributed by atoms with Crippen LogP contribution in [0.3, 0.4) is 0 Å². The molecular weight excluding hydrogens is 336 g/mol. The highest BCUT2D eigenvalue weighted by atomic mass is 35.5. The Hall–Kier alpha value is -1.78. The minimum atomic E-state index is 0.0601. The highest BCUT2D eigenvalue weighted by Gasteiger charge is 2.22. The van der Waals surface area contributed by atoms with Crippen LogP contribution in [0, 0.1) is 5.92 Å². The molecule has 1 aliphatic heterocycles. The Labute approximate surface area is 152 Å². The molecule has 4 rings (SSSR count). The quantitative estimate of drug-likeness (QED) is 0.872. The van der Waals surface area contributed by atoms with Crippen LogP contribution in [0.25, 0.3) is 11.1 Å². The second-order valence-corrected chi connectivity index (χ2v) is 7.48. The van der Waals surface area contributed by atoms with Gasteiger partial charge in [-0.15, -0.1) is 0 Å². The van der Waals surface area contributed by atoms with Gasteiger partial charge in [0.15, 0.2) is 0 Å². The summed E-state index contributed by atoms with van der Waals surface area (Å²) >= 11 is 6.47. The Kier molecular flexibility index (Phi) is 4.82. The number of rotatable bonds is 5. The Morgan fingerprint density at radius 3 is 2.52 bits per heavy atom. The summed E-state index contributed by atoms with van der Waals surface area (Å²) in [5, 5.41) is 4.19. The highest BCUT2D eigenvalue weighted by molar-refractivity contribution is 6.33. The van der Waals surface area contributed by atoms with Gasteiger partial charge < -0.3 is 14.6 Å². The summed E-state index contributed by atoms with van der Waals surface area (Å²) in [6.45, 7) is 2.43. The van der Waals surface area contributed by atoms with Crippen molar-refractivity contribution < 1.29 is 4.74 Å². The molecule has 1 aromatic carbocycles. The van der Waals surface area contributed by atoms with Gasteiger partial charge in [-0.3, -0.25) is 4.79 Å². The summed E-state index contributed by atoms with van der Waals surface area (Å²) in [4.78, 5) is 12.3. The number of aromatic nitrogens is 1. The summed E-state index contributed by atoms with van der Waals surface area (Å²) in [5.74, 6) is 0.688. The molecule has 25 heavy (non-hydrogen) atoms. The second-order valence-electron chi connectivity index (χ2n) is 7.08. The molecule has 2 aliphatic rings. The van der Waals surface area contributed by atoms with E-state index in [0.717, 1.165) is 49.4 Å². The van der Waals surface area contributed by atoms with Gasteiger partial charge in [0.1, 0.15) is 0 Å². The van der Waals surface area contributed by atoms with E-state index in [1.54, 1.807) is 6.07 Å². The molecule has 1 aliphatic carbocycles. The third-order valence-corrected chi connectivity index (χ3v) is 5.34. The van der Waals surface area contributed by atoms with Gasteiger partial charge in [-0.2, -0.15) is 0 Å². The van der Waals surface area contributed by atoms with Gasteiger partial charge in [-0.25, -0.2) is 0 Å². The molecule has 0 radical (unpaired) electrons. The fourth-order valence-corrected chi connectivity index (χ4v) is 3.53. The Balaban J connectivity index is 1.51. The standard InChI is InChI=1S/C20H23ClN2O2/c21-18-11-15(3-4-19(18)22-17-6-9-25-10-7-17)16-5-8-23(20(24)12-16)13-14-1-2-14/h3-5,8,11-12,14,17,22H,1-2,6-7,9-10,13H2. The Morgan fingerprint density at radius 2 is 1.84 bits per heavy atom. The smallest absolute Gasteiger partial charge is 0.251 e. The fraction of sp³-hybridized carbons (Fsp3) is 0.450. The molecule has 5 heteroatoms. The third-order valence-electron chi connectivity index (χ3n) is 5.03. The molecule has 4 nitrogen and oxygen atoms in total. The number of anilines is 1. The molecule has 1 saturated carbocycles. The zero-order valence-corrected chi connectivity index (χ0v) is 15.0. The number of nitrogens with zero attached hydrogens (tertiary/aromatic N) is 1. The number of pyridine rings is 1. The van der Waals surface area contributed by atoms with E-state index in [1.165, 1.54) is 12.8 Å². The summed E-state index contributed by atoms with van der Waals surface area (Å²) in [6.07, 6.45) is 6.38. The summed E-state index contributed by atoms with van der Waals surface area (Å²) < 4.78 is 7.20. The minimum absolute atomic E-state index is 0.0601. The van der Waals surface area contributed by atoms with E-state index in [9.17, 15) is 4.79 Å². The van der Waals surface area contributed by atoms with Gasteiger partial charge in [0.05, 0.1) is 10.7 Å². The zero-order chi connectivity index (χ0) is 17.2. The predicted molar refractivity (Wildman–Crippen MR) is 101 cm³/mol. The first kappa shape index (κ1) is 16.7. The van der Waals surface area contributed by atoms with E-state index in [2.05, 4.69) is 5.32 Å². The van der Waals surface area contributed by atoms with Crippen LogP contribution in [0.4, 0.5) is 5.69 Å². The van der Waals surface area contributed by atoms with Crippen LogP contribution >= 0.6 is 11.6 Å². The van der Waals surface area contributed by atoms with Gasteiger partial charge >= 0.3 is 0 Å². The number of halogens is 1. The lowest BCUT2D eigenvalue weighted by Crippen LogP contribution is -2.27. The van der Waals surface area contributed by atoms with Crippen molar-refractivity contribution >= 4 is 17.3 Å². The van der Waals surface area contributed by atoms with Crippen LogP contribution in [0.5, 0.6) is 0 Å². The predicted octanol–water partition coefficient (Wildman–Crippen LogP) is 4.17. The Morgan fingerprint density at radius 1 is 1.08 bits per heavy atom. The number of hydrogen-bond acceptors (Lipinski definition) is 3. The van der Waals surface area contributed by atoms with E-state index >= 15 is 0 Å². The van der Waals surface area contributed by atoms with Gasteiger partial charge in [0, 0.05) is 38.1 Å². The van der Waals surface area contributed by atoms with Gasteiger partial charge in [-0.05, 0) is 60.9 Å². The first-order valence-electron chi connectivity index (χ1n) is 9.04. The van der Waals surface area contributed by atoms with Crippen molar-refractivity contribution in [1.82, 2.24) is 4.57 Å². The monoisotopic (exact) mass is 358 g/mol. The van der Waals surface area contributed by atoms with Gasteiger partial charge in [-0.1, -0.05) is 17.7 Å². The maximum Gasteiger partial charge on any atom is 0.251 e. The SMILES string of the molecule is O=c1cc(-c2ccc(NC3CCOCC3)c(Cl)c2)ccn1CC1CC1. The van der Waals surface area contributed by atoms with Crippen LogP contribution in [0.2, 0.25) is 5.02 Å². The fourth-order valence-electron chi connectivity index (χ4n) is 3.29. The van der Waals surface area contributed by atoms with Crippen LogP contribution in [0.15, 0.2) is 41.3 Å². The molecule has 2 aromatic rings. The van der Waals surface area contributed by atoms with Gasteiger partial charge in [0.2, 0.25) is 0 Å². The van der Waals surface area contributed by atoms with Gasteiger partial charge in [0.25, 0.3) is 5.56 Å². The summed E-state index contributed by atoms with van der Waals surface area (Å²) in [5.41, 5.74) is 2.89. The first-order chi connectivity index (χ1) is 12.2. The maximum absolute atomic E-state index is 12.3. The van der Waals surface area contributed by atoms with E-state index < -0.39 is 0 Å². The lowest BCUT2D eigenvalue weighted by molar-refractivity contribution is 0.0904. The lowest BCUT2D eigenvalue weighted by atomic mass is 10.1. The number of hydrogen-bond donors (Lipinski definition) is 1. The number of benzene rings is 1. The van der Waals surface area contributed by atoms with Crippen LogP contribution in [-0.4, -0.2) is 23.8 Å². The maximum atomic E-state index is 12.3. The average Bonchev–Trinajstić information content (AvgIpc) is 3.43. The van der Waals surface area contributed by atoms with E-state index in [0.29, 0.717) is 17.0 Å². The summed E-state index contributed by atoms with van der Waals surface area (Å²) in [7, 11) is 0. The molecule has 0 spiro atoms. The van der Waals surface area contributed by atoms with Crippen molar-refractivity contribution in [2.24, 2.45) is 5.92 Å². The van der Waals surface area contributed by atoms with Crippen molar-refractivity contribution in [2.45, 2.75) is 38.3 Å². The zero-order valence-electron chi connectivity index (χ0n) is 14.2. The lowest BCUT2D eigenvalue weighted by Gasteiger charge is -2.24. The van der Waals surface area contributed by atoms with Crippen molar-refractivity contribution in [3.8, 4) is 11.1 Å².